The van der Waals surface area contributed by atoms with Crippen LogP contribution in [0.15, 0.2) is 42.5 Å². The molecule has 1 atom stereocenters. The number of amides is 2. The monoisotopic (exact) mass is 492 g/mol. The normalized spacial score (nSPS) is 11.7. The van der Waals surface area contributed by atoms with Gasteiger partial charge in [-0.15, -0.1) is 0 Å². The SMILES string of the molecule is CCCCCCN(CCOc1ccc(CC(OCC)C(=O)O)cc1)C(=O)Nc1ccc(F)cc1F. The van der Waals surface area contributed by atoms with Gasteiger partial charge in [0.05, 0.1) is 12.2 Å². The Morgan fingerprint density at radius 3 is 2.40 bits per heavy atom. The third-order valence-corrected chi connectivity index (χ3v) is 5.36. The molecule has 0 aliphatic heterocycles. The Labute approximate surface area is 205 Å². The van der Waals surface area contributed by atoms with Gasteiger partial charge in [-0.1, -0.05) is 38.3 Å². The lowest BCUT2D eigenvalue weighted by Gasteiger charge is -2.23. The second kappa shape index (κ2) is 14.9. The van der Waals surface area contributed by atoms with Crippen LogP contribution in [0.3, 0.4) is 0 Å². The van der Waals surface area contributed by atoms with Gasteiger partial charge in [0.25, 0.3) is 0 Å². The first-order valence-corrected chi connectivity index (χ1v) is 11.9. The van der Waals surface area contributed by atoms with Crippen LogP contribution in [0.4, 0.5) is 19.3 Å². The summed E-state index contributed by atoms with van der Waals surface area (Å²) in [4.78, 5) is 25.6. The molecule has 35 heavy (non-hydrogen) atoms. The first-order valence-electron chi connectivity index (χ1n) is 11.9. The van der Waals surface area contributed by atoms with Gasteiger partial charge in [0.2, 0.25) is 0 Å². The first-order chi connectivity index (χ1) is 16.8. The Bertz CT molecular complexity index is 940. The molecule has 0 radical (unpaired) electrons. The first kappa shape index (κ1) is 28.0. The smallest absolute Gasteiger partial charge is 0.333 e. The van der Waals surface area contributed by atoms with E-state index in [-0.39, 0.29) is 25.3 Å². The number of benzene rings is 2. The molecule has 0 aromatic heterocycles. The zero-order valence-corrected chi connectivity index (χ0v) is 20.3. The summed E-state index contributed by atoms with van der Waals surface area (Å²) in [5.74, 6) is -1.99. The topological polar surface area (TPSA) is 88.1 Å². The van der Waals surface area contributed by atoms with Gasteiger partial charge in [0.15, 0.2) is 6.10 Å². The van der Waals surface area contributed by atoms with Crippen molar-refractivity contribution >= 4 is 17.7 Å². The molecule has 0 aliphatic carbocycles. The molecule has 2 aromatic carbocycles. The molecule has 2 aromatic rings. The quantitative estimate of drug-likeness (QED) is 0.321. The summed E-state index contributed by atoms with van der Waals surface area (Å²) in [5, 5.41) is 11.7. The standard InChI is InChI=1S/C26H34F2N2O5/c1-3-5-6-7-14-30(26(33)29-23-13-10-20(27)18-22(23)28)15-16-35-21-11-8-19(9-12-21)17-24(25(31)32)34-4-2/h8-13,18,24H,3-7,14-17H2,1-2H3,(H,29,33)(H,31,32). The van der Waals surface area contributed by atoms with E-state index < -0.39 is 29.7 Å². The van der Waals surface area contributed by atoms with Gasteiger partial charge in [-0.25, -0.2) is 18.4 Å². The van der Waals surface area contributed by atoms with Gasteiger partial charge < -0.3 is 24.8 Å². The number of rotatable bonds is 15. The summed E-state index contributed by atoms with van der Waals surface area (Å²) in [7, 11) is 0. The number of ether oxygens (including phenoxy) is 2. The average Bonchev–Trinajstić information content (AvgIpc) is 2.83. The number of carboxylic acids is 1. The van der Waals surface area contributed by atoms with Crippen molar-refractivity contribution in [3.63, 3.8) is 0 Å². The zero-order chi connectivity index (χ0) is 25.6. The number of nitrogens with one attached hydrogen (secondary N) is 1. The van der Waals surface area contributed by atoms with E-state index >= 15 is 0 Å². The Morgan fingerprint density at radius 1 is 1.03 bits per heavy atom. The maximum absolute atomic E-state index is 14.0. The van der Waals surface area contributed by atoms with Crippen LogP contribution in [0.2, 0.25) is 0 Å². The second-order valence-corrected chi connectivity index (χ2v) is 8.08. The van der Waals surface area contributed by atoms with Gasteiger partial charge in [-0.3, -0.25) is 0 Å². The highest BCUT2D eigenvalue weighted by Crippen LogP contribution is 2.17. The highest BCUT2D eigenvalue weighted by atomic mass is 19.1. The van der Waals surface area contributed by atoms with Crippen molar-refractivity contribution in [2.24, 2.45) is 0 Å². The highest BCUT2D eigenvalue weighted by Gasteiger charge is 2.18. The Kier molecular flexibility index (Phi) is 12.0. The number of hydrogen-bond acceptors (Lipinski definition) is 4. The van der Waals surface area contributed by atoms with Crippen LogP contribution < -0.4 is 10.1 Å². The van der Waals surface area contributed by atoms with Crippen molar-refractivity contribution in [3.8, 4) is 5.75 Å². The molecule has 0 heterocycles. The van der Waals surface area contributed by atoms with Crippen molar-refractivity contribution in [1.29, 1.82) is 0 Å². The van der Waals surface area contributed by atoms with E-state index in [0.717, 1.165) is 43.4 Å². The molecule has 2 N–H and O–H groups in total. The molecule has 0 bridgehead atoms. The number of carbonyl (C=O) groups excluding carboxylic acids is 1. The van der Waals surface area contributed by atoms with E-state index in [0.29, 0.717) is 18.9 Å². The van der Waals surface area contributed by atoms with Crippen LogP contribution in [0.25, 0.3) is 0 Å². The number of unbranched alkanes of at least 4 members (excludes halogenated alkanes) is 3. The largest absolute Gasteiger partial charge is 0.492 e. The van der Waals surface area contributed by atoms with Gasteiger partial charge in [-0.05, 0) is 43.2 Å². The second-order valence-electron chi connectivity index (χ2n) is 8.08. The van der Waals surface area contributed by atoms with E-state index in [1.54, 1.807) is 36.1 Å². The molecular weight excluding hydrogens is 458 g/mol. The maximum Gasteiger partial charge on any atom is 0.333 e. The number of carbonyl (C=O) groups is 2. The molecule has 2 amide bonds. The van der Waals surface area contributed by atoms with Gasteiger partial charge in [0.1, 0.15) is 24.0 Å². The maximum atomic E-state index is 14.0. The van der Waals surface area contributed by atoms with Gasteiger partial charge in [0, 0.05) is 25.6 Å². The van der Waals surface area contributed by atoms with Crippen molar-refractivity contribution in [1.82, 2.24) is 4.90 Å². The highest BCUT2D eigenvalue weighted by molar-refractivity contribution is 5.89. The number of urea groups is 1. The molecule has 192 valence electrons. The number of halogens is 2. The third-order valence-electron chi connectivity index (χ3n) is 5.36. The number of carboxylic acid groups (broad SMARTS) is 1. The molecule has 2 rings (SSSR count). The van der Waals surface area contributed by atoms with Crippen LogP contribution >= 0.6 is 0 Å². The van der Waals surface area contributed by atoms with E-state index in [2.05, 4.69) is 12.2 Å². The predicted octanol–water partition coefficient (Wildman–Crippen LogP) is 5.49. The van der Waals surface area contributed by atoms with Crippen LogP contribution in [0.1, 0.15) is 45.1 Å². The lowest BCUT2D eigenvalue weighted by molar-refractivity contribution is -0.149. The molecular formula is C26H34F2N2O5. The van der Waals surface area contributed by atoms with E-state index in [1.165, 1.54) is 6.07 Å². The lowest BCUT2D eigenvalue weighted by atomic mass is 10.1. The summed E-state index contributed by atoms with van der Waals surface area (Å²) in [6, 6.07) is 9.54. The fourth-order valence-electron chi connectivity index (χ4n) is 3.46. The number of hydrogen-bond donors (Lipinski definition) is 2. The minimum atomic E-state index is -1.01. The van der Waals surface area contributed by atoms with E-state index in [1.807, 2.05) is 0 Å². The Hall–Kier alpha value is -3.20. The zero-order valence-electron chi connectivity index (χ0n) is 20.3. The minimum Gasteiger partial charge on any atom is -0.492 e. The number of aliphatic carboxylic acids is 1. The number of anilines is 1. The predicted molar refractivity (Wildman–Crippen MR) is 130 cm³/mol. The lowest BCUT2D eigenvalue weighted by Crippen LogP contribution is -2.38. The molecule has 9 heteroatoms. The molecule has 0 saturated heterocycles. The summed E-state index contributed by atoms with van der Waals surface area (Å²) >= 11 is 0. The molecule has 0 saturated carbocycles. The van der Waals surface area contributed by atoms with E-state index in [9.17, 15) is 23.5 Å². The summed E-state index contributed by atoms with van der Waals surface area (Å²) in [6.07, 6.45) is 3.21. The van der Waals surface area contributed by atoms with Crippen molar-refractivity contribution in [2.75, 3.05) is 31.6 Å². The van der Waals surface area contributed by atoms with Crippen molar-refractivity contribution < 1.29 is 33.0 Å². The fourth-order valence-corrected chi connectivity index (χ4v) is 3.46. The molecule has 0 fully saturated rings. The fraction of sp³-hybridized carbons (Fsp3) is 0.462. The average molecular weight is 493 g/mol. The van der Waals surface area contributed by atoms with Crippen LogP contribution in [0, 0.1) is 11.6 Å². The van der Waals surface area contributed by atoms with Crippen LogP contribution in [0.5, 0.6) is 5.75 Å². The van der Waals surface area contributed by atoms with Gasteiger partial charge >= 0.3 is 12.0 Å². The minimum absolute atomic E-state index is 0.0850. The van der Waals surface area contributed by atoms with Gasteiger partial charge in [-0.2, -0.15) is 0 Å². The van der Waals surface area contributed by atoms with Crippen molar-refractivity contribution in [3.05, 3.63) is 59.7 Å². The van der Waals surface area contributed by atoms with Crippen molar-refractivity contribution in [2.45, 2.75) is 52.1 Å². The summed E-state index contributed by atoms with van der Waals surface area (Å²) in [5.41, 5.74) is 0.717. The van der Waals surface area contributed by atoms with Crippen LogP contribution in [-0.2, 0) is 16.0 Å². The molecule has 1 unspecified atom stereocenters. The Balaban J connectivity index is 1.93. The summed E-state index contributed by atoms with van der Waals surface area (Å²) in [6.45, 7) is 5.12. The Morgan fingerprint density at radius 2 is 1.77 bits per heavy atom. The van der Waals surface area contributed by atoms with Crippen LogP contribution in [-0.4, -0.2) is 54.4 Å². The third kappa shape index (κ3) is 9.90. The van der Waals surface area contributed by atoms with E-state index in [4.69, 9.17) is 9.47 Å². The summed E-state index contributed by atoms with van der Waals surface area (Å²) < 4.78 is 38.1. The number of nitrogens with zero attached hydrogens (tertiary/aromatic N) is 1. The molecule has 7 nitrogen and oxygen atoms in total. The molecule has 0 aliphatic rings. The molecule has 0 spiro atoms.